The van der Waals surface area contributed by atoms with E-state index in [9.17, 15) is 14.3 Å². The van der Waals surface area contributed by atoms with Crippen LogP contribution in [0.4, 0.5) is 4.39 Å². The Morgan fingerprint density at radius 2 is 1.97 bits per heavy atom. The highest BCUT2D eigenvalue weighted by Crippen LogP contribution is 2.34. The third kappa shape index (κ3) is 5.03. The van der Waals surface area contributed by atoms with Gasteiger partial charge in [-0.05, 0) is 64.1 Å². The average Bonchev–Trinajstić information content (AvgIpc) is 3.37. The second-order valence-electron chi connectivity index (χ2n) is 6.56. The number of carbonyl (C=O) groups excluding carboxylic acids is 1. The monoisotopic (exact) mass is 577 g/mol. The molecule has 32 heavy (non-hydrogen) atoms. The second-order valence-corrected chi connectivity index (χ2v) is 9.33. The van der Waals surface area contributed by atoms with Crippen LogP contribution in [-0.4, -0.2) is 27.3 Å². The molecule has 1 aromatic heterocycles. The van der Waals surface area contributed by atoms with E-state index in [1.54, 1.807) is 42.5 Å². The van der Waals surface area contributed by atoms with Crippen molar-refractivity contribution < 1.29 is 18.7 Å². The second kappa shape index (κ2) is 9.85. The molecule has 4 rings (SSSR count). The predicted octanol–water partition coefficient (Wildman–Crippen LogP) is 6.16. The van der Waals surface area contributed by atoms with Crippen molar-refractivity contribution in [2.75, 3.05) is 0 Å². The maximum atomic E-state index is 14.1. The first-order valence-electron chi connectivity index (χ1n) is 9.19. The molecule has 2 heterocycles. The topological polar surface area (TPSA) is 78.4 Å². The van der Waals surface area contributed by atoms with Crippen molar-refractivity contribution in [3.05, 3.63) is 91.3 Å². The first kappa shape index (κ1) is 22.5. The number of amidine groups is 1. The Morgan fingerprint density at radius 3 is 2.72 bits per heavy atom. The van der Waals surface area contributed by atoms with E-state index in [4.69, 9.17) is 4.42 Å². The van der Waals surface area contributed by atoms with E-state index in [1.807, 2.05) is 0 Å². The summed E-state index contributed by atoms with van der Waals surface area (Å²) in [7, 11) is 0. The summed E-state index contributed by atoms with van der Waals surface area (Å²) in [4.78, 5) is 14.7. The first-order valence-corrected chi connectivity index (χ1v) is 11.6. The summed E-state index contributed by atoms with van der Waals surface area (Å²) >= 11 is 7.71. The molecule has 0 saturated carbocycles. The summed E-state index contributed by atoms with van der Waals surface area (Å²) in [6.45, 7) is 0.148. The summed E-state index contributed by atoms with van der Waals surface area (Å²) < 4.78 is 20.7. The largest absolute Gasteiger partial charge is 0.506 e. The minimum absolute atomic E-state index is 0.0138. The van der Waals surface area contributed by atoms with Gasteiger partial charge in [-0.1, -0.05) is 34.1 Å². The Labute approximate surface area is 203 Å². The van der Waals surface area contributed by atoms with Gasteiger partial charge in [0.15, 0.2) is 5.17 Å². The number of amides is 1. The zero-order valence-electron chi connectivity index (χ0n) is 16.2. The van der Waals surface area contributed by atoms with E-state index in [-0.39, 0.29) is 18.2 Å². The third-order valence-electron chi connectivity index (χ3n) is 4.37. The maximum absolute atomic E-state index is 14.1. The van der Waals surface area contributed by atoms with E-state index in [0.29, 0.717) is 31.4 Å². The van der Waals surface area contributed by atoms with Gasteiger partial charge in [0.25, 0.3) is 5.91 Å². The van der Waals surface area contributed by atoms with Gasteiger partial charge >= 0.3 is 0 Å². The number of hydrogen-bond donors (Lipinski definition) is 1. The van der Waals surface area contributed by atoms with Crippen LogP contribution in [0.15, 0.2) is 83.3 Å². The van der Waals surface area contributed by atoms with Gasteiger partial charge in [0.2, 0.25) is 0 Å². The van der Waals surface area contributed by atoms with Crippen molar-refractivity contribution in [2.45, 2.75) is 6.54 Å². The van der Waals surface area contributed by atoms with Crippen molar-refractivity contribution >= 4 is 67.0 Å². The highest BCUT2D eigenvalue weighted by Gasteiger charge is 2.34. The molecule has 1 aliphatic heterocycles. The van der Waals surface area contributed by atoms with Crippen molar-refractivity contribution in [2.24, 2.45) is 10.2 Å². The van der Waals surface area contributed by atoms with Gasteiger partial charge in [0, 0.05) is 15.6 Å². The minimum Gasteiger partial charge on any atom is -0.506 e. The molecule has 0 radical (unpaired) electrons. The summed E-state index contributed by atoms with van der Waals surface area (Å²) in [6, 6.07) is 13.1. The number of phenols is 1. The lowest BCUT2D eigenvalue weighted by Gasteiger charge is -2.12. The summed E-state index contributed by atoms with van der Waals surface area (Å²) in [6.07, 6.45) is 4.38. The molecule has 1 saturated heterocycles. The zero-order chi connectivity index (χ0) is 22.7. The quantitative estimate of drug-likeness (QED) is 0.223. The lowest BCUT2D eigenvalue weighted by atomic mass is 10.2. The Morgan fingerprint density at radius 1 is 1.16 bits per heavy atom. The third-order valence-corrected chi connectivity index (χ3v) is 6.43. The maximum Gasteiger partial charge on any atom is 0.267 e. The lowest BCUT2D eigenvalue weighted by Crippen LogP contribution is -2.28. The molecule has 2 aromatic carbocycles. The van der Waals surface area contributed by atoms with Crippen LogP contribution in [0.2, 0.25) is 0 Å². The molecule has 3 aromatic rings. The van der Waals surface area contributed by atoms with Crippen LogP contribution in [-0.2, 0) is 11.3 Å². The molecule has 0 aliphatic carbocycles. The van der Waals surface area contributed by atoms with Crippen LogP contribution in [0.1, 0.15) is 16.9 Å². The Kier molecular flexibility index (Phi) is 6.92. The molecule has 0 unspecified atom stereocenters. The van der Waals surface area contributed by atoms with Crippen LogP contribution in [0.3, 0.4) is 0 Å². The standard InChI is InChI=1S/C22H14Br2FN3O3S/c23-15-8-14(20(29)17(24)10-15)11-26-27-22-28(12-16-5-3-7-31-16)21(30)19(32-22)9-13-4-1-2-6-18(13)25/h1-11,29H,12H2/b19-9-,26-11+,27-22-. The van der Waals surface area contributed by atoms with Gasteiger partial charge in [-0.15, -0.1) is 5.10 Å². The Hall–Kier alpha value is -2.69. The Balaban J connectivity index is 1.66. The van der Waals surface area contributed by atoms with E-state index >= 15 is 0 Å². The number of furan rings is 1. The first-order chi connectivity index (χ1) is 15.4. The number of aromatic hydroxyl groups is 1. The molecule has 1 aliphatic rings. The molecule has 0 bridgehead atoms. The fourth-order valence-electron chi connectivity index (χ4n) is 2.84. The van der Waals surface area contributed by atoms with Gasteiger partial charge in [-0.3, -0.25) is 9.69 Å². The number of thioether (sulfide) groups is 1. The van der Waals surface area contributed by atoms with Crippen LogP contribution in [0, 0.1) is 5.82 Å². The highest BCUT2D eigenvalue weighted by molar-refractivity contribution is 9.11. The zero-order valence-corrected chi connectivity index (χ0v) is 20.2. The van der Waals surface area contributed by atoms with Crippen molar-refractivity contribution in [1.29, 1.82) is 0 Å². The average molecular weight is 579 g/mol. The molecule has 6 nitrogen and oxygen atoms in total. The SMILES string of the molecule is O=C1/C(=C/c2ccccc2F)S/C(=N\N=C\c2cc(Br)cc(Br)c2O)N1Cc1ccco1. The van der Waals surface area contributed by atoms with Gasteiger partial charge in [0.1, 0.15) is 17.3 Å². The van der Waals surface area contributed by atoms with E-state index < -0.39 is 5.82 Å². The molecule has 0 atom stereocenters. The Bertz CT molecular complexity index is 1260. The number of hydrogen-bond acceptors (Lipinski definition) is 6. The van der Waals surface area contributed by atoms with Crippen LogP contribution >= 0.6 is 43.6 Å². The van der Waals surface area contributed by atoms with Crippen molar-refractivity contribution in [1.82, 2.24) is 4.90 Å². The van der Waals surface area contributed by atoms with Crippen LogP contribution < -0.4 is 0 Å². The molecule has 0 spiro atoms. The normalized spacial score (nSPS) is 16.7. The smallest absolute Gasteiger partial charge is 0.267 e. The minimum atomic E-state index is -0.426. The summed E-state index contributed by atoms with van der Waals surface area (Å²) in [5.41, 5.74) is 0.736. The molecule has 1 N–H and O–H groups in total. The number of carbonyl (C=O) groups is 1. The van der Waals surface area contributed by atoms with E-state index in [1.165, 1.54) is 29.5 Å². The number of phenolic OH excluding ortho intramolecular Hbond substituents is 1. The molecule has 1 fully saturated rings. The fourth-order valence-corrected chi connectivity index (χ4v) is 5.02. The number of nitrogens with zero attached hydrogens (tertiary/aromatic N) is 3. The fraction of sp³-hybridized carbons (Fsp3) is 0.0455. The van der Waals surface area contributed by atoms with Gasteiger partial charge in [0.05, 0.1) is 28.4 Å². The van der Waals surface area contributed by atoms with Gasteiger partial charge < -0.3 is 9.52 Å². The number of halogens is 3. The van der Waals surface area contributed by atoms with E-state index in [0.717, 1.165) is 16.2 Å². The molecule has 162 valence electrons. The predicted molar refractivity (Wildman–Crippen MR) is 130 cm³/mol. The van der Waals surface area contributed by atoms with Crippen LogP contribution in [0.5, 0.6) is 5.75 Å². The number of benzene rings is 2. The van der Waals surface area contributed by atoms with Crippen LogP contribution in [0.25, 0.3) is 6.08 Å². The molecular weight excluding hydrogens is 565 g/mol. The van der Waals surface area contributed by atoms with E-state index in [2.05, 4.69) is 42.1 Å². The van der Waals surface area contributed by atoms with Crippen molar-refractivity contribution in [3.63, 3.8) is 0 Å². The van der Waals surface area contributed by atoms with Gasteiger partial charge in [-0.2, -0.15) is 5.10 Å². The number of rotatable bonds is 5. The highest BCUT2D eigenvalue weighted by atomic mass is 79.9. The lowest BCUT2D eigenvalue weighted by molar-refractivity contribution is -0.122. The summed E-state index contributed by atoms with van der Waals surface area (Å²) in [5, 5.41) is 18.7. The summed E-state index contributed by atoms with van der Waals surface area (Å²) in [5.74, 6) is -0.182. The van der Waals surface area contributed by atoms with Crippen molar-refractivity contribution in [3.8, 4) is 5.75 Å². The van der Waals surface area contributed by atoms with Gasteiger partial charge in [-0.25, -0.2) is 4.39 Å². The molecular formula is C22H14Br2FN3O3S. The molecule has 1 amide bonds. The molecule has 10 heteroatoms.